The van der Waals surface area contributed by atoms with Gasteiger partial charge < -0.3 is 0 Å². The molecule has 7 heteroatoms. The Labute approximate surface area is 183 Å². The van der Waals surface area contributed by atoms with Crippen LogP contribution in [0.1, 0.15) is 25.2 Å². The van der Waals surface area contributed by atoms with Gasteiger partial charge in [-0.05, 0) is 50.2 Å². The molecule has 142 valence electrons. The van der Waals surface area contributed by atoms with Crippen molar-refractivity contribution in [2.45, 2.75) is 13.8 Å². The molecule has 3 nitrogen and oxygen atoms in total. The molecule has 0 aliphatic heterocycles. The molecule has 0 unspecified atom stereocenters. The molecule has 0 saturated carbocycles. The van der Waals surface area contributed by atoms with E-state index in [0.29, 0.717) is 54.3 Å². The molecule has 3 aromatic rings. The van der Waals surface area contributed by atoms with Gasteiger partial charge in [0.25, 0.3) is 0 Å². The third-order valence-corrected chi connectivity index (χ3v) is 5.14. The summed E-state index contributed by atoms with van der Waals surface area (Å²) in [6.45, 7) is 3.70. The fourth-order valence-electron chi connectivity index (χ4n) is 2.48. The van der Waals surface area contributed by atoms with Gasteiger partial charge in [0, 0.05) is 0 Å². The van der Waals surface area contributed by atoms with Crippen LogP contribution in [0.4, 0.5) is 11.4 Å². The predicted octanol–water partition coefficient (Wildman–Crippen LogP) is 7.98. The summed E-state index contributed by atoms with van der Waals surface area (Å²) in [5, 5.41) is 1.92. The number of para-hydroxylation sites is 2. The quantitative estimate of drug-likeness (QED) is 0.371. The molecule has 1 aromatic heterocycles. The Kier molecular flexibility index (Phi) is 6.73. The highest BCUT2D eigenvalue weighted by molar-refractivity contribution is 6.39. The van der Waals surface area contributed by atoms with Crippen molar-refractivity contribution < 1.29 is 0 Å². The molecular weight excluding hydrogens is 436 g/mol. The summed E-state index contributed by atoms with van der Waals surface area (Å²) < 4.78 is 0. The molecule has 0 bridgehead atoms. The molecular formula is C21H15Cl4N3. The van der Waals surface area contributed by atoms with Crippen LogP contribution in [-0.4, -0.2) is 16.4 Å². The lowest BCUT2D eigenvalue weighted by Gasteiger charge is -2.07. The molecule has 0 amide bonds. The van der Waals surface area contributed by atoms with E-state index in [9.17, 15) is 0 Å². The van der Waals surface area contributed by atoms with Crippen molar-refractivity contribution in [3.63, 3.8) is 0 Å². The van der Waals surface area contributed by atoms with Crippen molar-refractivity contribution in [2.24, 2.45) is 9.98 Å². The van der Waals surface area contributed by atoms with E-state index in [1.54, 1.807) is 36.4 Å². The van der Waals surface area contributed by atoms with Gasteiger partial charge in [0.2, 0.25) is 0 Å². The van der Waals surface area contributed by atoms with Crippen molar-refractivity contribution in [1.29, 1.82) is 0 Å². The second-order valence-electron chi connectivity index (χ2n) is 5.94. The lowest BCUT2D eigenvalue weighted by Crippen LogP contribution is -2.05. The van der Waals surface area contributed by atoms with Crippen molar-refractivity contribution in [1.82, 2.24) is 4.98 Å². The molecule has 0 N–H and O–H groups in total. The molecule has 3 rings (SSSR count). The number of benzene rings is 2. The Morgan fingerprint density at radius 1 is 0.607 bits per heavy atom. The summed E-state index contributed by atoms with van der Waals surface area (Å²) in [7, 11) is 0. The molecule has 0 aliphatic rings. The molecule has 28 heavy (non-hydrogen) atoms. The van der Waals surface area contributed by atoms with Gasteiger partial charge in [0.15, 0.2) is 0 Å². The largest absolute Gasteiger partial charge is 0.248 e. The van der Waals surface area contributed by atoms with Crippen LogP contribution in [0.15, 0.2) is 64.6 Å². The number of halogens is 4. The number of aliphatic imine (C=N–C) groups is 2. The maximum absolute atomic E-state index is 6.21. The highest BCUT2D eigenvalue weighted by Gasteiger charge is 2.10. The van der Waals surface area contributed by atoms with Crippen LogP contribution < -0.4 is 0 Å². The smallest absolute Gasteiger partial charge is 0.101 e. The van der Waals surface area contributed by atoms with Gasteiger partial charge in [-0.3, -0.25) is 0 Å². The van der Waals surface area contributed by atoms with Crippen molar-refractivity contribution in [3.8, 4) is 0 Å². The summed E-state index contributed by atoms with van der Waals surface area (Å²) in [6.07, 6.45) is 0. The zero-order chi connectivity index (χ0) is 20.3. The van der Waals surface area contributed by atoms with Crippen molar-refractivity contribution in [2.75, 3.05) is 0 Å². The first-order valence-corrected chi connectivity index (χ1v) is 9.84. The minimum atomic E-state index is 0.481. The van der Waals surface area contributed by atoms with Crippen LogP contribution in [0.25, 0.3) is 0 Å². The van der Waals surface area contributed by atoms with Gasteiger partial charge >= 0.3 is 0 Å². The summed E-state index contributed by atoms with van der Waals surface area (Å²) >= 11 is 24.8. The average molecular weight is 451 g/mol. The topological polar surface area (TPSA) is 37.6 Å². The van der Waals surface area contributed by atoms with E-state index < -0.39 is 0 Å². The first-order valence-electron chi connectivity index (χ1n) is 8.33. The van der Waals surface area contributed by atoms with Gasteiger partial charge in [-0.15, -0.1) is 0 Å². The molecule has 0 radical (unpaired) electrons. The van der Waals surface area contributed by atoms with E-state index in [0.717, 1.165) is 0 Å². The Bertz CT molecular complexity index is 968. The van der Waals surface area contributed by atoms with E-state index in [1.807, 2.05) is 32.0 Å². The summed E-state index contributed by atoms with van der Waals surface area (Å²) in [4.78, 5) is 13.7. The van der Waals surface area contributed by atoms with Crippen LogP contribution in [0, 0.1) is 0 Å². The average Bonchev–Trinajstić information content (AvgIpc) is 2.67. The first-order chi connectivity index (χ1) is 13.4. The van der Waals surface area contributed by atoms with Gasteiger partial charge in [0.1, 0.15) is 11.4 Å². The van der Waals surface area contributed by atoms with Crippen molar-refractivity contribution >= 4 is 69.2 Å². The molecule has 0 spiro atoms. The van der Waals surface area contributed by atoms with E-state index in [1.165, 1.54) is 0 Å². The zero-order valence-corrected chi connectivity index (χ0v) is 18.1. The second-order valence-corrected chi connectivity index (χ2v) is 7.57. The monoisotopic (exact) mass is 449 g/mol. The van der Waals surface area contributed by atoms with Crippen LogP contribution >= 0.6 is 46.4 Å². The molecule has 2 aromatic carbocycles. The highest BCUT2D eigenvalue weighted by Crippen LogP contribution is 2.34. The fourth-order valence-corrected chi connectivity index (χ4v) is 3.44. The Morgan fingerprint density at radius 3 is 1.29 bits per heavy atom. The highest BCUT2D eigenvalue weighted by atomic mass is 35.5. The van der Waals surface area contributed by atoms with Crippen LogP contribution in [-0.2, 0) is 0 Å². The van der Waals surface area contributed by atoms with E-state index in [4.69, 9.17) is 46.4 Å². The number of hydrogen-bond donors (Lipinski definition) is 0. The Morgan fingerprint density at radius 2 is 0.929 bits per heavy atom. The van der Waals surface area contributed by atoms with E-state index in [-0.39, 0.29) is 0 Å². The number of pyridine rings is 1. The second kappa shape index (κ2) is 9.06. The Hall–Kier alpha value is -1.91. The van der Waals surface area contributed by atoms with Crippen LogP contribution in [0.5, 0.6) is 0 Å². The number of aromatic nitrogens is 1. The maximum Gasteiger partial charge on any atom is 0.101 e. The van der Waals surface area contributed by atoms with Crippen LogP contribution in [0.3, 0.4) is 0 Å². The first kappa shape index (κ1) is 20.8. The normalized spacial score (nSPS) is 12.4. The standard InChI is InChI=1S/C21H15Cl4N3/c1-12(26-20-14(22)6-3-7-15(20)23)18-10-5-11-19(28-18)13(2)27-21-16(24)8-4-9-17(21)25/h3-11H,1-2H3/b26-12+,27-13+. The lowest BCUT2D eigenvalue weighted by atomic mass is 10.2. The van der Waals surface area contributed by atoms with Gasteiger partial charge in [-0.1, -0.05) is 64.6 Å². The summed E-state index contributed by atoms with van der Waals surface area (Å²) in [5.74, 6) is 0. The number of rotatable bonds is 4. The fraction of sp³-hybridized carbons (Fsp3) is 0.0952. The summed E-state index contributed by atoms with van der Waals surface area (Å²) in [5.41, 5.74) is 3.77. The predicted molar refractivity (Wildman–Crippen MR) is 121 cm³/mol. The van der Waals surface area contributed by atoms with E-state index in [2.05, 4.69) is 15.0 Å². The van der Waals surface area contributed by atoms with Gasteiger partial charge in [-0.25, -0.2) is 15.0 Å². The lowest BCUT2D eigenvalue weighted by molar-refractivity contribution is 1.24. The Balaban J connectivity index is 1.98. The van der Waals surface area contributed by atoms with Gasteiger partial charge in [0.05, 0.1) is 42.9 Å². The minimum Gasteiger partial charge on any atom is -0.248 e. The molecule has 0 atom stereocenters. The molecule has 0 saturated heterocycles. The third kappa shape index (κ3) is 4.73. The zero-order valence-electron chi connectivity index (χ0n) is 15.0. The third-order valence-electron chi connectivity index (χ3n) is 3.92. The van der Waals surface area contributed by atoms with E-state index >= 15 is 0 Å². The number of nitrogens with zero attached hydrogens (tertiary/aromatic N) is 3. The molecule has 0 aliphatic carbocycles. The maximum atomic E-state index is 6.21. The molecule has 0 fully saturated rings. The number of hydrogen-bond acceptors (Lipinski definition) is 3. The minimum absolute atomic E-state index is 0.481. The van der Waals surface area contributed by atoms with Crippen LogP contribution in [0.2, 0.25) is 20.1 Å². The van der Waals surface area contributed by atoms with Gasteiger partial charge in [-0.2, -0.15) is 0 Å². The molecule has 1 heterocycles. The SMILES string of the molecule is C/C(=N\c1c(Cl)cccc1Cl)c1cccc(/C(C)=N/c2c(Cl)cccc2Cl)n1. The summed E-state index contributed by atoms with van der Waals surface area (Å²) in [6, 6.07) is 16.1. The van der Waals surface area contributed by atoms with Crippen molar-refractivity contribution in [3.05, 3.63) is 86.1 Å².